The Morgan fingerprint density at radius 2 is 1.68 bits per heavy atom. The van der Waals surface area contributed by atoms with Gasteiger partial charge in [0.25, 0.3) is 0 Å². The van der Waals surface area contributed by atoms with Crippen molar-refractivity contribution in [2.45, 2.75) is 13.8 Å². The van der Waals surface area contributed by atoms with Crippen molar-refractivity contribution in [1.82, 2.24) is 0 Å². The highest BCUT2D eigenvalue weighted by Gasteiger charge is 2.08. The van der Waals surface area contributed by atoms with Gasteiger partial charge in [0.15, 0.2) is 0 Å². The number of rotatable bonds is 1. The highest BCUT2D eigenvalue weighted by molar-refractivity contribution is 5.83. The van der Waals surface area contributed by atoms with Crippen LogP contribution in [0, 0.1) is 13.8 Å². The van der Waals surface area contributed by atoms with Crippen LogP contribution in [0.25, 0.3) is 22.1 Å². The van der Waals surface area contributed by atoms with Gasteiger partial charge in [-0.05, 0) is 31.0 Å². The predicted molar refractivity (Wildman–Crippen MR) is 77.4 cm³/mol. The van der Waals surface area contributed by atoms with Crippen molar-refractivity contribution in [3.8, 4) is 11.1 Å². The average Bonchev–Trinajstić information content (AvgIpc) is 2.40. The van der Waals surface area contributed by atoms with E-state index in [1.165, 1.54) is 5.56 Å². The summed E-state index contributed by atoms with van der Waals surface area (Å²) in [6.45, 7) is 3.97. The van der Waals surface area contributed by atoms with Crippen LogP contribution in [0.3, 0.4) is 0 Å². The fraction of sp³-hybridized carbons (Fsp3) is 0.118. The number of fused-ring (bicyclic) bond motifs is 1. The van der Waals surface area contributed by atoms with E-state index in [1.807, 2.05) is 62.4 Å². The molecule has 2 aromatic carbocycles. The zero-order valence-corrected chi connectivity index (χ0v) is 10.9. The number of hydrogen-bond donors (Lipinski definition) is 0. The zero-order chi connectivity index (χ0) is 13.4. The molecule has 3 rings (SSSR count). The largest absolute Gasteiger partial charge is 0.422 e. The van der Waals surface area contributed by atoms with E-state index < -0.39 is 0 Å². The van der Waals surface area contributed by atoms with E-state index in [0.29, 0.717) is 11.1 Å². The van der Waals surface area contributed by atoms with Gasteiger partial charge in [0.05, 0.1) is 5.56 Å². The Morgan fingerprint density at radius 1 is 0.947 bits per heavy atom. The molecule has 0 saturated carbocycles. The molecule has 3 aromatic rings. The highest BCUT2D eigenvalue weighted by atomic mass is 16.4. The zero-order valence-electron chi connectivity index (χ0n) is 10.9. The smallest absolute Gasteiger partial charge is 0.344 e. The Morgan fingerprint density at radius 3 is 2.42 bits per heavy atom. The predicted octanol–water partition coefficient (Wildman–Crippen LogP) is 4.08. The average molecular weight is 250 g/mol. The van der Waals surface area contributed by atoms with Gasteiger partial charge < -0.3 is 4.42 Å². The molecule has 0 N–H and O–H groups in total. The van der Waals surface area contributed by atoms with Crippen molar-refractivity contribution in [2.75, 3.05) is 0 Å². The first kappa shape index (κ1) is 11.7. The van der Waals surface area contributed by atoms with Crippen molar-refractivity contribution in [3.63, 3.8) is 0 Å². The summed E-state index contributed by atoms with van der Waals surface area (Å²) in [5, 5.41) is 0.954. The van der Waals surface area contributed by atoms with Crippen molar-refractivity contribution >= 4 is 11.0 Å². The Kier molecular flexibility index (Phi) is 2.71. The molecule has 0 amide bonds. The van der Waals surface area contributed by atoms with E-state index >= 15 is 0 Å². The van der Waals surface area contributed by atoms with Crippen LogP contribution in [0.2, 0.25) is 0 Å². The normalized spacial score (nSPS) is 10.8. The second-order valence-corrected chi connectivity index (χ2v) is 4.81. The molecule has 0 aliphatic rings. The molecule has 2 heteroatoms. The van der Waals surface area contributed by atoms with Gasteiger partial charge in [0, 0.05) is 5.39 Å². The summed E-state index contributed by atoms with van der Waals surface area (Å²) < 4.78 is 5.45. The quantitative estimate of drug-likeness (QED) is 0.609. The molecule has 2 nitrogen and oxygen atoms in total. The maximum absolute atomic E-state index is 12.1. The molecule has 0 aliphatic heterocycles. The van der Waals surface area contributed by atoms with E-state index in [9.17, 15) is 4.79 Å². The van der Waals surface area contributed by atoms with Crippen LogP contribution in [0.1, 0.15) is 11.1 Å². The minimum atomic E-state index is -0.286. The second-order valence-electron chi connectivity index (χ2n) is 4.81. The third-order valence-electron chi connectivity index (χ3n) is 3.32. The second kappa shape index (κ2) is 4.39. The number of hydrogen-bond acceptors (Lipinski definition) is 2. The number of benzene rings is 2. The molecule has 0 saturated heterocycles. The summed E-state index contributed by atoms with van der Waals surface area (Å²) in [5.41, 5.74) is 4.03. The first-order valence-electron chi connectivity index (χ1n) is 6.26. The lowest BCUT2D eigenvalue weighted by molar-refractivity contribution is 0.561. The van der Waals surface area contributed by atoms with Crippen LogP contribution in [0.4, 0.5) is 0 Å². The van der Waals surface area contributed by atoms with Gasteiger partial charge in [-0.1, -0.05) is 48.0 Å². The Labute approximate surface area is 111 Å². The molecule has 19 heavy (non-hydrogen) atoms. The molecule has 0 atom stereocenters. The fourth-order valence-electron chi connectivity index (χ4n) is 2.22. The van der Waals surface area contributed by atoms with Gasteiger partial charge in [-0.25, -0.2) is 4.79 Å². The van der Waals surface area contributed by atoms with Gasteiger partial charge in [0.1, 0.15) is 5.58 Å². The van der Waals surface area contributed by atoms with Gasteiger partial charge in [0.2, 0.25) is 0 Å². The molecule has 0 radical (unpaired) electrons. The first-order chi connectivity index (χ1) is 9.15. The SMILES string of the molecule is Cc1ccc(-c2cc3cccc(C)c3oc2=O)cc1. The molecule has 0 bridgehead atoms. The van der Waals surface area contributed by atoms with Crippen LogP contribution >= 0.6 is 0 Å². The maximum Gasteiger partial charge on any atom is 0.344 e. The maximum atomic E-state index is 12.1. The monoisotopic (exact) mass is 250 g/mol. The highest BCUT2D eigenvalue weighted by Crippen LogP contribution is 2.23. The standard InChI is InChI=1S/C17H14O2/c1-11-6-8-13(9-7-11)15-10-14-5-3-4-12(2)16(14)19-17(15)18/h3-10H,1-2H3. The first-order valence-corrected chi connectivity index (χ1v) is 6.26. The Balaban J connectivity index is 2.28. The lowest BCUT2D eigenvalue weighted by atomic mass is 10.0. The van der Waals surface area contributed by atoms with Gasteiger partial charge >= 0.3 is 5.63 Å². The van der Waals surface area contributed by atoms with Crippen LogP contribution in [0.15, 0.2) is 57.7 Å². The van der Waals surface area contributed by atoms with Crippen molar-refractivity contribution in [1.29, 1.82) is 0 Å². The van der Waals surface area contributed by atoms with E-state index in [4.69, 9.17) is 4.42 Å². The fourth-order valence-corrected chi connectivity index (χ4v) is 2.22. The van der Waals surface area contributed by atoms with Crippen LogP contribution in [0.5, 0.6) is 0 Å². The Bertz CT molecular complexity index is 796. The molecule has 1 aromatic heterocycles. The van der Waals surface area contributed by atoms with E-state index in [1.54, 1.807) is 0 Å². The van der Waals surface area contributed by atoms with E-state index in [0.717, 1.165) is 16.5 Å². The summed E-state index contributed by atoms with van der Waals surface area (Å²) in [6.07, 6.45) is 0. The summed E-state index contributed by atoms with van der Waals surface area (Å²) in [7, 11) is 0. The minimum absolute atomic E-state index is 0.286. The third kappa shape index (κ3) is 2.06. The van der Waals surface area contributed by atoms with Gasteiger partial charge in [-0.3, -0.25) is 0 Å². The van der Waals surface area contributed by atoms with Crippen molar-refractivity contribution in [2.24, 2.45) is 0 Å². The molecule has 0 aliphatic carbocycles. The molecule has 1 heterocycles. The number of aryl methyl sites for hydroxylation is 2. The minimum Gasteiger partial charge on any atom is -0.422 e. The molecule has 94 valence electrons. The summed E-state index contributed by atoms with van der Waals surface area (Å²) in [4.78, 5) is 12.1. The third-order valence-corrected chi connectivity index (χ3v) is 3.32. The van der Waals surface area contributed by atoms with Crippen LogP contribution in [-0.4, -0.2) is 0 Å². The summed E-state index contributed by atoms with van der Waals surface area (Å²) in [5.74, 6) is 0. The summed E-state index contributed by atoms with van der Waals surface area (Å²) >= 11 is 0. The van der Waals surface area contributed by atoms with Crippen molar-refractivity contribution in [3.05, 3.63) is 70.1 Å². The van der Waals surface area contributed by atoms with Crippen LogP contribution in [-0.2, 0) is 0 Å². The van der Waals surface area contributed by atoms with Crippen molar-refractivity contribution < 1.29 is 4.42 Å². The molecular weight excluding hydrogens is 236 g/mol. The molecular formula is C17H14O2. The van der Waals surface area contributed by atoms with Gasteiger partial charge in [-0.2, -0.15) is 0 Å². The van der Waals surface area contributed by atoms with Gasteiger partial charge in [-0.15, -0.1) is 0 Å². The molecule has 0 spiro atoms. The Hall–Kier alpha value is -2.35. The topological polar surface area (TPSA) is 30.2 Å². The lowest BCUT2D eigenvalue weighted by Crippen LogP contribution is -2.03. The number of para-hydroxylation sites is 1. The van der Waals surface area contributed by atoms with Crippen LogP contribution < -0.4 is 5.63 Å². The lowest BCUT2D eigenvalue weighted by Gasteiger charge is -2.04. The summed E-state index contributed by atoms with van der Waals surface area (Å²) in [6, 6.07) is 15.7. The molecule has 0 fully saturated rings. The molecule has 0 unspecified atom stereocenters. The van der Waals surface area contributed by atoms with E-state index in [-0.39, 0.29) is 5.63 Å². The van der Waals surface area contributed by atoms with E-state index in [2.05, 4.69) is 0 Å².